The second-order valence-electron chi connectivity index (χ2n) is 5.17. The van der Waals surface area contributed by atoms with Crippen molar-refractivity contribution in [2.75, 3.05) is 5.32 Å². The number of benzene rings is 2. The third-order valence-corrected chi connectivity index (χ3v) is 4.48. The largest absolute Gasteiger partial charge is 0.379 e. The number of rotatable bonds is 3. The highest BCUT2D eigenvalue weighted by molar-refractivity contribution is 7.15. The topological polar surface area (TPSA) is 29.3 Å². The second kappa shape index (κ2) is 4.90. The van der Waals surface area contributed by atoms with Crippen LogP contribution in [0.4, 0.5) is 5.69 Å². The summed E-state index contributed by atoms with van der Waals surface area (Å²) in [7, 11) is 0. The molecule has 0 fully saturated rings. The molecule has 0 saturated carbocycles. The minimum absolute atomic E-state index is 0.795. The van der Waals surface area contributed by atoms with Crippen molar-refractivity contribution in [2.45, 2.75) is 13.5 Å². The lowest BCUT2D eigenvalue weighted by Gasteiger charge is -2.07. The number of hydrogen-bond donors (Lipinski definition) is 1. The van der Waals surface area contributed by atoms with Crippen LogP contribution in [0.25, 0.3) is 16.0 Å². The van der Waals surface area contributed by atoms with Gasteiger partial charge in [-0.25, -0.2) is 4.98 Å². The Kier molecular flexibility index (Phi) is 2.89. The summed E-state index contributed by atoms with van der Waals surface area (Å²) in [6.45, 7) is 2.90. The van der Waals surface area contributed by atoms with Crippen molar-refractivity contribution in [3.05, 3.63) is 65.2 Å². The van der Waals surface area contributed by atoms with Crippen molar-refractivity contribution in [2.24, 2.45) is 0 Å². The Hall–Kier alpha value is -2.33. The number of fused-ring (bicyclic) bond motifs is 3. The predicted octanol–water partition coefficient (Wildman–Crippen LogP) is 4.47. The molecule has 4 heteroatoms. The summed E-state index contributed by atoms with van der Waals surface area (Å²) >= 11 is 1.69. The van der Waals surface area contributed by atoms with Gasteiger partial charge >= 0.3 is 0 Å². The molecule has 0 aliphatic rings. The molecule has 0 aliphatic heterocycles. The van der Waals surface area contributed by atoms with E-state index in [1.807, 2.05) is 6.07 Å². The fraction of sp³-hybridized carbons (Fsp3) is 0.118. The SMILES string of the molecule is Cc1cccc(NCc2csc3nc4ccccc4n23)c1. The molecule has 0 atom stereocenters. The number of nitrogens with zero attached hydrogens (tertiary/aromatic N) is 2. The third-order valence-electron chi connectivity index (χ3n) is 3.61. The van der Waals surface area contributed by atoms with E-state index in [9.17, 15) is 0 Å². The van der Waals surface area contributed by atoms with Gasteiger partial charge in [-0.1, -0.05) is 24.3 Å². The quantitative estimate of drug-likeness (QED) is 0.604. The molecule has 0 aliphatic carbocycles. The Balaban J connectivity index is 1.70. The second-order valence-corrected chi connectivity index (χ2v) is 6.01. The molecule has 2 heterocycles. The van der Waals surface area contributed by atoms with E-state index in [0.717, 1.165) is 22.7 Å². The van der Waals surface area contributed by atoms with Crippen LogP contribution >= 0.6 is 11.3 Å². The summed E-state index contributed by atoms with van der Waals surface area (Å²) in [6, 6.07) is 16.7. The zero-order valence-electron chi connectivity index (χ0n) is 11.7. The summed E-state index contributed by atoms with van der Waals surface area (Å²) in [6.07, 6.45) is 0. The van der Waals surface area contributed by atoms with Gasteiger partial charge in [0.1, 0.15) is 0 Å². The molecule has 0 amide bonds. The lowest BCUT2D eigenvalue weighted by atomic mass is 10.2. The molecule has 0 bridgehead atoms. The lowest BCUT2D eigenvalue weighted by molar-refractivity contribution is 1.03. The van der Waals surface area contributed by atoms with Crippen molar-refractivity contribution in [3.63, 3.8) is 0 Å². The fourth-order valence-corrected chi connectivity index (χ4v) is 3.50. The minimum atomic E-state index is 0.795. The van der Waals surface area contributed by atoms with Gasteiger partial charge in [-0.2, -0.15) is 0 Å². The minimum Gasteiger partial charge on any atom is -0.379 e. The fourth-order valence-electron chi connectivity index (χ4n) is 2.60. The Bertz CT molecular complexity index is 920. The summed E-state index contributed by atoms with van der Waals surface area (Å²) in [5.41, 5.74) is 5.89. The zero-order chi connectivity index (χ0) is 14.2. The maximum atomic E-state index is 4.66. The first kappa shape index (κ1) is 12.4. The van der Waals surface area contributed by atoms with Gasteiger partial charge in [0.15, 0.2) is 4.96 Å². The van der Waals surface area contributed by atoms with Gasteiger partial charge in [0.2, 0.25) is 0 Å². The summed E-state index contributed by atoms with van der Waals surface area (Å²) < 4.78 is 2.24. The van der Waals surface area contributed by atoms with Crippen LogP contribution in [0.15, 0.2) is 53.9 Å². The van der Waals surface area contributed by atoms with Crippen LogP contribution < -0.4 is 5.32 Å². The van der Waals surface area contributed by atoms with Crippen LogP contribution in [-0.4, -0.2) is 9.38 Å². The van der Waals surface area contributed by atoms with Gasteiger partial charge in [0, 0.05) is 11.1 Å². The van der Waals surface area contributed by atoms with Crippen LogP contribution in [0.1, 0.15) is 11.3 Å². The van der Waals surface area contributed by atoms with Crippen molar-refractivity contribution in [1.29, 1.82) is 0 Å². The molecule has 104 valence electrons. The molecule has 4 rings (SSSR count). The number of nitrogens with one attached hydrogen (secondary N) is 1. The maximum Gasteiger partial charge on any atom is 0.194 e. The van der Waals surface area contributed by atoms with Crippen LogP contribution in [0.3, 0.4) is 0 Å². The molecule has 0 radical (unpaired) electrons. The molecule has 0 spiro atoms. The number of aryl methyl sites for hydroxylation is 1. The standard InChI is InChI=1S/C17H15N3S/c1-12-5-4-6-13(9-12)18-10-14-11-21-17-19-15-7-2-3-8-16(15)20(14)17/h2-9,11,18H,10H2,1H3. The Labute approximate surface area is 126 Å². The lowest BCUT2D eigenvalue weighted by Crippen LogP contribution is -2.02. The van der Waals surface area contributed by atoms with Gasteiger partial charge in [0.05, 0.1) is 23.3 Å². The third kappa shape index (κ3) is 2.17. The summed E-state index contributed by atoms with van der Waals surface area (Å²) in [4.78, 5) is 5.71. The summed E-state index contributed by atoms with van der Waals surface area (Å²) in [5.74, 6) is 0. The van der Waals surface area contributed by atoms with Gasteiger partial charge in [-0.3, -0.25) is 4.40 Å². The van der Waals surface area contributed by atoms with Crippen LogP contribution in [0.2, 0.25) is 0 Å². The number of aromatic nitrogens is 2. The first-order valence-corrected chi connectivity index (χ1v) is 7.83. The van der Waals surface area contributed by atoms with E-state index in [-0.39, 0.29) is 0 Å². The molecular weight excluding hydrogens is 278 g/mol. The van der Waals surface area contributed by atoms with E-state index >= 15 is 0 Å². The molecule has 21 heavy (non-hydrogen) atoms. The van der Waals surface area contributed by atoms with Crippen LogP contribution in [0.5, 0.6) is 0 Å². The maximum absolute atomic E-state index is 4.66. The summed E-state index contributed by atoms with van der Waals surface area (Å²) in [5, 5.41) is 5.67. The van der Waals surface area contributed by atoms with E-state index in [4.69, 9.17) is 0 Å². The van der Waals surface area contributed by atoms with Crippen molar-refractivity contribution >= 4 is 33.0 Å². The normalized spacial score (nSPS) is 11.3. The molecule has 2 aromatic carbocycles. The van der Waals surface area contributed by atoms with Gasteiger partial charge in [0.25, 0.3) is 0 Å². The number of imidazole rings is 1. The molecule has 4 aromatic rings. The van der Waals surface area contributed by atoms with Crippen molar-refractivity contribution < 1.29 is 0 Å². The first-order valence-electron chi connectivity index (χ1n) is 6.95. The van der Waals surface area contributed by atoms with Gasteiger partial charge in [-0.05, 0) is 36.8 Å². The predicted molar refractivity (Wildman–Crippen MR) is 89.1 cm³/mol. The van der Waals surface area contributed by atoms with Gasteiger partial charge in [-0.15, -0.1) is 11.3 Å². The number of para-hydroxylation sites is 2. The van der Waals surface area contributed by atoms with E-state index in [0.29, 0.717) is 0 Å². The number of hydrogen-bond acceptors (Lipinski definition) is 3. The highest BCUT2D eigenvalue weighted by Crippen LogP contribution is 2.24. The van der Waals surface area contributed by atoms with E-state index < -0.39 is 0 Å². The molecular formula is C17H15N3S. The van der Waals surface area contributed by atoms with Crippen molar-refractivity contribution in [1.82, 2.24) is 9.38 Å². The van der Waals surface area contributed by atoms with Crippen LogP contribution in [-0.2, 0) is 6.54 Å². The number of thiazole rings is 1. The Morgan fingerprint density at radius 2 is 2.05 bits per heavy atom. The van der Waals surface area contributed by atoms with E-state index in [1.165, 1.54) is 16.8 Å². The monoisotopic (exact) mass is 293 g/mol. The molecule has 0 saturated heterocycles. The highest BCUT2D eigenvalue weighted by atomic mass is 32.1. The molecule has 0 unspecified atom stereocenters. The van der Waals surface area contributed by atoms with Crippen molar-refractivity contribution in [3.8, 4) is 0 Å². The van der Waals surface area contributed by atoms with Gasteiger partial charge < -0.3 is 5.32 Å². The highest BCUT2D eigenvalue weighted by Gasteiger charge is 2.09. The number of anilines is 1. The Morgan fingerprint density at radius 1 is 1.14 bits per heavy atom. The van der Waals surface area contributed by atoms with E-state index in [2.05, 4.69) is 69.5 Å². The zero-order valence-corrected chi connectivity index (χ0v) is 12.5. The first-order chi connectivity index (χ1) is 10.3. The molecule has 2 aromatic heterocycles. The average Bonchev–Trinajstić information content (AvgIpc) is 3.04. The Morgan fingerprint density at radius 3 is 2.95 bits per heavy atom. The molecule has 3 nitrogen and oxygen atoms in total. The molecule has 1 N–H and O–H groups in total. The van der Waals surface area contributed by atoms with E-state index in [1.54, 1.807) is 11.3 Å². The average molecular weight is 293 g/mol. The van der Waals surface area contributed by atoms with Crippen LogP contribution in [0, 0.1) is 6.92 Å². The smallest absolute Gasteiger partial charge is 0.194 e.